The van der Waals surface area contributed by atoms with Gasteiger partial charge in [-0.05, 0) is 45.1 Å². The van der Waals surface area contributed by atoms with Gasteiger partial charge in [-0.3, -0.25) is 4.68 Å². The molecule has 3 heteroatoms. The van der Waals surface area contributed by atoms with E-state index < -0.39 is 0 Å². The van der Waals surface area contributed by atoms with Gasteiger partial charge in [-0.15, -0.1) is 0 Å². The van der Waals surface area contributed by atoms with Gasteiger partial charge < -0.3 is 5.32 Å². The molecule has 0 aliphatic heterocycles. The zero-order valence-electron chi connectivity index (χ0n) is 13.7. The van der Waals surface area contributed by atoms with Crippen LogP contribution < -0.4 is 5.32 Å². The third kappa shape index (κ3) is 3.63. The fourth-order valence-electron chi connectivity index (χ4n) is 3.06. The van der Waals surface area contributed by atoms with E-state index in [1.165, 1.54) is 42.6 Å². The number of nitrogens with zero attached hydrogens (tertiary/aromatic N) is 2. The molecule has 3 nitrogen and oxygen atoms in total. The smallest absolute Gasteiger partial charge is 0.0672 e. The minimum Gasteiger partial charge on any atom is -0.310 e. The van der Waals surface area contributed by atoms with Gasteiger partial charge in [-0.2, -0.15) is 5.10 Å². The molecule has 2 rings (SSSR count). The zero-order valence-corrected chi connectivity index (χ0v) is 13.7. The quantitative estimate of drug-likeness (QED) is 0.742. The summed E-state index contributed by atoms with van der Waals surface area (Å²) in [4.78, 5) is 0. The van der Waals surface area contributed by atoms with Gasteiger partial charge in [0.15, 0.2) is 0 Å². The number of aryl methyl sites for hydroxylation is 2. The van der Waals surface area contributed by atoms with E-state index in [1.54, 1.807) is 0 Å². The van der Waals surface area contributed by atoms with Crippen LogP contribution in [0.5, 0.6) is 0 Å². The molecule has 1 saturated carbocycles. The van der Waals surface area contributed by atoms with Crippen LogP contribution >= 0.6 is 0 Å². The molecular formula is C17H31N3. The molecule has 1 aromatic heterocycles. The topological polar surface area (TPSA) is 29.9 Å². The van der Waals surface area contributed by atoms with Crippen LogP contribution in [-0.2, 0) is 19.4 Å². The highest BCUT2D eigenvalue weighted by molar-refractivity contribution is 5.30. The molecule has 114 valence electrons. The highest BCUT2D eigenvalue weighted by Gasteiger charge is 2.24. The Kier molecular flexibility index (Phi) is 5.64. The van der Waals surface area contributed by atoms with E-state index >= 15 is 0 Å². The van der Waals surface area contributed by atoms with E-state index in [2.05, 4.69) is 37.7 Å². The second-order valence-electron chi connectivity index (χ2n) is 6.15. The maximum atomic E-state index is 4.91. The van der Waals surface area contributed by atoms with Gasteiger partial charge in [0.25, 0.3) is 0 Å². The second kappa shape index (κ2) is 7.26. The molecule has 0 spiro atoms. The van der Waals surface area contributed by atoms with E-state index in [0.717, 1.165) is 31.8 Å². The van der Waals surface area contributed by atoms with Crippen LogP contribution in [-0.4, -0.2) is 16.3 Å². The molecule has 0 bridgehead atoms. The van der Waals surface area contributed by atoms with Gasteiger partial charge in [-0.1, -0.05) is 33.6 Å². The van der Waals surface area contributed by atoms with Crippen LogP contribution in [0.3, 0.4) is 0 Å². The van der Waals surface area contributed by atoms with Crippen molar-refractivity contribution in [3.8, 4) is 0 Å². The fourth-order valence-corrected chi connectivity index (χ4v) is 3.06. The molecule has 0 radical (unpaired) electrons. The molecule has 0 aromatic carbocycles. The Morgan fingerprint density at radius 2 is 2.00 bits per heavy atom. The summed E-state index contributed by atoms with van der Waals surface area (Å²) in [5.41, 5.74) is 4.23. The summed E-state index contributed by atoms with van der Waals surface area (Å²) in [7, 11) is 0. The lowest BCUT2D eigenvalue weighted by Crippen LogP contribution is -2.21. The SMILES string of the molecule is CCCNC(C)c1c(CC)nn(CCC2CC2)c1CC. The van der Waals surface area contributed by atoms with Crippen molar-refractivity contribution in [3.63, 3.8) is 0 Å². The first-order chi connectivity index (χ1) is 9.71. The van der Waals surface area contributed by atoms with Crippen molar-refractivity contribution in [2.45, 2.75) is 78.8 Å². The Hall–Kier alpha value is -0.830. The van der Waals surface area contributed by atoms with Crippen molar-refractivity contribution < 1.29 is 0 Å². The van der Waals surface area contributed by atoms with E-state index in [0.29, 0.717) is 6.04 Å². The molecule has 1 unspecified atom stereocenters. The van der Waals surface area contributed by atoms with Crippen LogP contribution in [0.4, 0.5) is 0 Å². The summed E-state index contributed by atoms with van der Waals surface area (Å²) in [5.74, 6) is 0.980. The highest BCUT2D eigenvalue weighted by Crippen LogP contribution is 2.33. The zero-order chi connectivity index (χ0) is 14.5. The lowest BCUT2D eigenvalue weighted by molar-refractivity contribution is 0.520. The molecule has 1 fully saturated rings. The van der Waals surface area contributed by atoms with Crippen LogP contribution in [0.15, 0.2) is 0 Å². The van der Waals surface area contributed by atoms with Crippen LogP contribution in [0.2, 0.25) is 0 Å². The summed E-state index contributed by atoms with van der Waals surface area (Å²) in [6.45, 7) is 11.2. The minimum absolute atomic E-state index is 0.425. The van der Waals surface area contributed by atoms with E-state index in [4.69, 9.17) is 5.10 Å². The molecular weight excluding hydrogens is 246 g/mol. The molecule has 1 N–H and O–H groups in total. The predicted octanol–water partition coefficient (Wildman–Crippen LogP) is 3.87. The van der Waals surface area contributed by atoms with Crippen molar-refractivity contribution in [1.82, 2.24) is 15.1 Å². The molecule has 0 saturated heterocycles. The Morgan fingerprint density at radius 3 is 2.55 bits per heavy atom. The van der Waals surface area contributed by atoms with Crippen molar-refractivity contribution in [2.75, 3.05) is 6.54 Å². The molecule has 1 heterocycles. The van der Waals surface area contributed by atoms with Gasteiger partial charge in [0.05, 0.1) is 5.69 Å². The van der Waals surface area contributed by atoms with Crippen molar-refractivity contribution >= 4 is 0 Å². The maximum Gasteiger partial charge on any atom is 0.0672 e. The minimum atomic E-state index is 0.425. The highest BCUT2D eigenvalue weighted by atomic mass is 15.3. The van der Waals surface area contributed by atoms with Crippen molar-refractivity contribution in [2.24, 2.45) is 5.92 Å². The average molecular weight is 277 g/mol. The standard InChI is InChI=1S/C17H31N3/c1-5-11-18-13(4)17-15(6-2)19-20(16(17)7-3)12-10-14-8-9-14/h13-14,18H,5-12H2,1-4H3. The summed E-state index contributed by atoms with van der Waals surface area (Å²) >= 11 is 0. The predicted molar refractivity (Wildman–Crippen MR) is 85.0 cm³/mol. The van der Waals surface area contributed by atoms with Crippen LogP contribution in [0.25, 0.3) is 0 Å². The van der Waals surface area contributed by atoms with Gasteiger partial charge in [0.1, 0.15) is 0 Å². The summed E-state index contributed by atoms with van der Waals surface area (Å²) in [6.07, 6.45) is 7.49. The third-order valence-corrected chi connectivity index (χ3v) is 4.42. The van der Waals surface area contributed by atoms with Crippen molar-refractivity contribution in [3.05, 3.63) is 17.0 Å². The average Bonchev–Trinajstić information content (AvgIpc) is 3.22. The maximum absolute atomic E-state index is 4.91. The Balaban J connectivity index is 2.17. The van der Waals surface area contributed by atoms with Gasteiger partial charge >= 0.3 is 0 Å². The molecule has 1 atom stereocenters. The summed E-state index contributed by atoms with van der Waals surface area (Å²) < 4.78 is 2.30. The van der Waals surface area contributed by atoms with Gasteiger partial charge in [0.2, 0.25) is 0 Å². The third-order valence-electron chi connectivity index (χ3n) is 4.42. The number of hydrogen-bond acceptors (Lipinski definition) is 2. The fraction of sp³-hybridized carbons (Fsp3) is 0.824. The number of hydrogen-bond donors (Lipinski definition) is 1. The van der Waals surface area contributed by atoms with E-state index in [9.17, 15) is 0 Å². The summed E-state index contributed by atoms with van der Waals surface area (Å²) in [5, 5.41) is 8.54. The van der Waals surface area contributed by atoms with Crippen LogP contribution in [0.1, 0.15) is 76.4 Å². The second-order valence-corrected chi connectivity index (χ2v) is 6.15. The molecule has 1 aromatic rings. The molecule has 1 aliphatic rings. The van der Waals surface area contributed by atoms with Gasteiger partial charge in [-0.25, -0.2) is 0 Å². The van der Waals surface area contributed by atoms with E-state index in [1.807, 2.05) is 0 Å². The molecule has 20 heavy (non-hydrogen) atoms. The number of rotatable bonds is 9. The first-order valence-corrected chi connectivity index (χ1v) is 8.52. The van der Waals surface area contributed by atoms with Gasteiger partial charge in [0, 0.05) is 23.8 Å². The monoisotopic (exact) mass is 277 g/mol. The van der Waals surface area contributed by atoms with Crippen molar-refractivity contribution in [1.29, 1.82) is 0 Å². The Morgan fingerprint density at radius 1 is 1.25 bits per heavy atom. The first-order valence-electron chi connectivity index (χ1n) is 8.52. The normalized spacial score (nSPS) is 16.6. The summed E-state index contributed by atoms with van der Waals surface area (Å²) in [6, 6.07) is 0.425. The number of nitrogens with one attached hydrogen (secondary N) is 1. The first kappa shape index (κ1) is 15.6. The molecule has 0 amide bonds. The van der Waals surface area contributed by atoms with E-state index in [-0.39, 0.29) is 0 Å². The Labute approximate surface area is 124 Å². The number of aromatic nitrogens is 2. The lowest BCUT2D eigenvalue weighted by Gasteiger charge is -2.16. The Bertz CT molecular complexity index is 418. The molecule has 1 aliphatic carbocycles. The largest absolute Gasteiger partial charge is 0.310 e. The lowest BCUT2D eigenvalue weighted by atomic mass is 10.0. The van der Waals surface area contributed by atoms with Crippen LogP contribution in [0, 0.1) is 5.92 Å².